The van der Waals surface area contributed by atoms with E-state index in [1.807, 2.05) is 32.9 Å². The molecule has 0 fully saturated rings. The summed E-state index contributed by atoms with van der Waals surface area (Å²) in [5.74, 6) is 6.64. The van der Waals surface area contributed by atoms with Gasteiger partial charge in [0.05, 0.1) is 6.61 Å². The highest BCUT2D eigenvalue weighted by Gasteiger charge is 2.05. The van der Waals surface area contributed by atoms with Crippen molar-refractivity contribution >= 4 is 6.29 Å². The van der Waals surface area contributed by atoms with E-state index in [0.29, 0.717) is 12.2 Å². The Morgan fingerprint density at radius 2 is 1.94 bits per heavy atom. The molecule has 2 heteroatoms. The maximum absolute atomic E-state index is 10.7. The summed E-state index contributed by atoms with van der Waals surface area (Å²) in [5.41, 5.74) is 2.67. The van der Waals surface area contributed by atoms with Gasteiger partial charge >= 0.3 is 0 Å². The standard InChI is InChI=1S/C14H16O2/c1-4-5-6-7-16-14-11(2)8-13(10-15)9-12(14)3/h8-10H,6-7H2,1-3H3. The molecule has 2 nitrogen and oxygen atoms in total. The summed E-state index contributed by atoms with van der Waals surface area (Å²) in [4.78, 5) is 10.7. The normalized spacial score (nSPS) is 9.19. The molecule has 1 aromatic rings. The molecule has 0 saturated carbocycles. The summed E-state index contributed by atoms with van der Waals surface area (Å²) in [6.07, 6.45) is 1.58. The monoisotopic (exact) mass is 216 g/mol. The predicted octanol–water partition coefficient (Wildman–Crippen LogP) is 2.91. The van der Waals surface area contributed by atoms with Crippen LogP contribution in [0.15, 0.2) is 12.1 Å². The topological polar surface area (TPSA) is 26.3 Å². The van der Waals surface area contributed by atoms with Crippen molar-refractivity contribution in [3.8, 4) is 17.6 Å². The molecule has 0 aromatic heterocycles. The second-order valence-electron chi connectivity index (χ2n) is 3.63. The maximum Gasteiger partial charge on any atom is 0.150 e. The molecular formula is C14H16O2. The Morgan fingerprint density at radius 1 is 1.31 bits per heavy atom. The van der Waals surface area contributed by atoms with Gasteiger partial charge in [-0.05, 0) is 44.0 Å². The highest BCUT2D eigenvalue weighted by atomic mass is 16.5. The van der Waals surface area contributed by atoms with Crippen molar-refractivity contribution in [1.29, 1.82) is 0 Å². The van der Waals surface area contributed by atoms with Crippen LogP contribution in [-0.4, -0.2) is 12.9 Å². The van der Waals surface area contributed by atoms with E-state index >= 15 is 0 Å². The fourth-order valence-electron chi connectivity index (χ4n) is 1.61. The number of ether oxygens (including phenoxy) is 1. The number of rotatable bonds is 4. The summed E-state index contributed by atoms with van der Waals surface area (Å²) in [7, 11) is 0. The van der Waals surface area contributed by atoms with Crippen LogP contribution in [0.25, 0.3) is 0 Å². The first-order chi connectivity index (χ1) is 7.69. The lowest BCUT2D eigenvalue weighted by atomic mass is 10.1. The number of hydrogen-bond acceptors (Lipinski definition) is 2. The van der Waals surface area contributed by atoms with Gasteiger partial charge < -0.3 is 4.74 Å². The van der Waals surface area contributed by atoms with Crippen LogP contribution >= 0.6 is 0 Å². The van der Waals surface area contributed by atoms with Crippen LogP contribution in [0.5, 0.6) is 5.75 Å². The average Bonchev–Trinajstić information content (AvgIpc) is 2.26. The van der Waals surface area contributed by atoms with E-state index in [1.54, 1.807) is 0 Å². The first-order valence-corrected chi connectivity index (χ1v) is 5.28. The summed E-state index contributed by atoms with van der Waals surface area (Å²) in [6, 6.07) is 3.67. The molecule has 0 N–H and O–H groups in total. The molecule has 0 atom stereocenters. The molecule has 0 amide bonds. The van der Waals surface area contributed by atoms with Crippen molar-refractivity contribution in [2.45, 2.75) is 27.2 Å². The van der Waals surface area contributed by atoms with E-state index in [2.05, 4.69) is 11.8 Å². The van der Waals surface area contributed by atoms with Gasteiger partial charge in [0.15, 0.2) is 0 Å². The van der Waals surface area contributed by atoms with Gasteiger partial charge in [-0.25, -0.2) is 0 Å². The Morgan fingerprint density at radius 3 is 2.44 bits per heavy atom. The molecule has 0 bridgehead atoms. The Labute approximate surface area is 96.6 Å². The molecule has 16 heavy (non-hydrogen) atoms. The minimum atomic E-state index is 0.586. The van der Waals surface area contributed by atoms with E-state index in [9.17, 15) is 4.79 Å². The van der Waals surface area contributed by atoms with Crippen LogP contribution in [0.3, 0.4) is 0 Å². The van der Waals surface area contributed by atoms with E-state index < -0.39 is 0 Å². The third-order valence-corrected chi connectivity index (χ3v) is 2.27. The van der Waals surface area contributed by atoms with E-state index in [1.165, 1.54) is 0 Å². The van der Waals surface area contributed by atoms with Crippen LogP contribution in [0.4, 0.5) is 0 Å². The van der Waals surface area contributed by atoms with Gasteiger partial charge in [0.1, 0.15) is 12.0 Å². The summed E-state index contributed by atoms with van der Waals surface area (Å²) in [6.45, 7) is 6.29. The van der Waals surface area contributed by atoms with Crippen molar-refractivity contribution < 1.29 is 9.53 Å². The molecule has 0 unspecified atom stereocenters. The quantitative estimate of drug-likeness (QED) is 0.439. The first-order valence-electron chi connectivity index (χ1n) is 5.28. The predicted molar refractivity (Wildman–Crippen MR) is 64.9 cm³/mol. The molecule has 0 saturated heterocycles. The molecule has 0 radical (unpaired) electrons. The van der Waals surface area contributed by atoms with Crippen LogP contribution in [0.2, 0.25) is 0 Å². The van der Waals surface area contributed by atoms with Crippen molar-refractivity contribution in [2.24, 2.45) is 0 Å². The summed E-state index contributed by atoms with van der Waals surface area (Å²) >= 11 is 0. The van der Waals surface area contributed by atoms with Crippen LogP contribution in [0.1, 0.15) is 34.8 Å². The fourth-order valence-corrected chi connectivity index (χ4v) is 1.61. The van der Waals surface area contributed by atoms with Crippen molar-refractivity contribution in [3.05, 3.63) is 28.8 Å². The summed E-state index contributed by atoms with van der Waals surface area (Å²) in [5, 5.41) is 0. The largest absolute Gasteiger partial charge is 0.492 e. The zero-order chi connectivity index (χ0) is 12.0. The number of carbonyl (C=O) groups excluding carboxylic acids is 1. The Kier molecular flexibility index (Phi) is 4.60. The number of aldehydes is 1. The zero-order valence-corrected chi connectivity index (χ0v) is 9.96. The molecule has 0 heterocycles. The molecule has 84 valence electrons. The van der Waals surface area contributed by atoms with Crippen LogP contribution < -0.4 is 4.74 Å². The smallest absolute Gasteiger partial charge is 0.150 e. The van der Waals surface area contributed by atoms with Gasteiger partial charge in [0.25, 0.3) is 0 Å². The minimum Gasteiger partial charge on any atom is -0.492 e. The zero-order valence-electron chi connectivity index (χ0n) is 9.96. The molecule has 0 aliphatic rings. The van der Waals surface area contributed by atoms with Gasteiger partial charge in [-0.15, -0.1) is 11.8 Å². The molecule has 1 rings (SSSR count). The molecule has 0 aliphatic carbocycles. The number of carbonyl (C=O) groups is 1. The fraction of sp³-hybridized carbons (Fsp3) is 0.357. The number of benzene rings is 1. The highest BCUT2D eigenvalue weighted by Crippen LogP contribution is 2.24. The SMILES string of the molecule is CC#CCCOc1c(C)cc(C=O)cc1C. The van der Waals surface area contributed by atoms with Gasteiger partial charge in [0.2, 0.25) is 0 Å². The van der Waals surface area contributed by atoms with Crippen molar-refractivity contribution in [1.82, 2.24) is 0 Å². The third-order valence-electron chi connectivity index (χ3n) is 2.27. The van der Waals surface area contributed by atoms with Gasteiger partial charge in [-0.3, -0.25) is 4.79 Å². The van der Waals surface area contributed by atoms with E-state index in [-0.39, 0.29) is 0 Å². The second kappa shape index (κ2) is 5.97. The summed E-state index contributed by atoms with van der Waals surface area (Å²) < 4.78 is 5.65. The van der Waals surface area contributed by atoms with Crippen LogP contribution in [-0.2, 0) is 0 Å². The Hall–Kier alpha value is -1.75. The number of aryl methyl sites for hydroxylation is 2. The third kappa shape index (κ3) is 3.13. The van der Waals surface area contributed by atoms with E-state index in [0.717, 1.165) is 29.6 Å². The molecule has 0 spiro atoms. The lowest BCUT2D eigenvalue weighted by Gasteiger charge is -2.11. The second-order valence-corrected chi connectivity index (χ2v) is 3.63. The van der Waals surface area contributed by atoms with Crippen molar-refractivity contribution in [3.63, 3.8) is 0 Å². The van der Waals surface area contributed by atoms with Gasteiger partial charge in [-0.1, -0.05) is 0 Å². The van der Waals surface area contributed by atoms with Crippen molar-refractivity contribution in [2.75, 3.05) is 6.61 Å². The maximum atomic E-state index is 10.7. The van der Waals surface area contributed by atoms with Gasteiger partial charge in [0, 0.05) is 12.0 Å². The highest BCUT2D eigenvalue weighted by molar-refractivity contribution is 5.76. The first kappa shape index (κ1) is 12.3. The number of hydrogen-bond donors (Lipinski definition) is 0. The van der Waals surface area contributed by atoms with Gasteiger partial charge in [-0.2, -0.15) is 0 Å². The molecule has 0 aliphatic heterocycles. The lowest BCUT2D eigenvalue weighted by molar-refractivity contribution is 0.112. The van der Waals surface area contributed by atoms with Crippen LogP contribution in [0, 0.1) is 25.7 Å². The average molecular weight is 216 g/mol. The molecule has 1 aromatic carbocycles. The van der Waals surface area contributed by atoms with E-state index in [4.69, 9.17) is 4.74 Å². The lowest BCUT2D eigenvalue weighted by Crippen LogP contribution is -2.00. The minimum absolute atomic E-state index is 0.586. The Balaban J connectivity index is 2.78. The Bertz CT molecular complexity index is 413. The molecular weight excluding hydrogens is 200 g/mol.